The highest BCUT2D eigenvalue weighted by atomic mass is 32.2. The van der Waals surface area contributed by atoms with E-state index >= 15 is 0 Å². The van der Waals surface area contributed by atoms with Crippen LogP contribution in [-0.2, 0) is 10.0 Å². The summed E-state index contributed by atoms with van der Waals surface area (Å²) in [5, 5.41) is 2.51. The molecule has 0 heterocycles. The third-order valence-electron chi connectivity index (χ3n) is 2.70. The number of hydrogen-bond donors (Lipinski definition) is 2. The Hall–Kier alpha value is -0.130. The predicted octanol–water partition coefficient (Wildman–Crippen LogP) is 0.312. The third kappa shape index (κ3) is 3.22. The molecule has 4 nitrogen and oxygen atoms in total. The van der Waals surface area contributed by atoms with Gasteiger partial charge in [0.05, 0.1) is 5.25 Å². The summed E-state index contributed by atoms with van der Waals surface area (Å²) in [6.45, 7) is 4.16. The molecule has 1 aliphatic carbocycles. The van der Waals surface area contributed by atoms with Crippen LogP contribution in [0.15, 0.2) is 0 Å². The summed E-state index contributed by atoms with van der Waals surface area (Å²) in [6, 6.07) is 0.0966. The second kappa shape index (κ2) is 4.59. The van der Waals surface area contributed by atoms with Crippen LogP contribution in [0.4, 0.5) is 0 Å². The van der Waals surface area contributed by atoms with Crippen molar-refractivity contribution >= 4 is 10.0 Å². The number of hydrogen-bond acceptors (Lipinski definition) is 3. The van der Waals surface area contributed by atoms with Gasteiger partial charge in [0.1, 0.15) is 0 Å². The molecule has 0 aromatic carbocycles. The third-order valence-corrected chi connectivity index (χ3v) is 4.63. The molecule has 0 aromatic heterocycles. The smallest absolute Gasteiger partial charge is 0.215 e. The number of rotatable bonds is 6. The molecule has 0 saturated heterocycles. The fourth-order valence-corrected chi connectivity index (χ4v) is 2.79. The van der Waals surface area contributed by atoms with Crippen LogP contribution in [0.3, 0.4) is 0 Å². The van der Waals surface area contributed by atoms with Gasteiger partial charge in [-0.05, 0) is 39.7 Å². The molecule has 0 bridgehead atoms. The molecule has 2 unspecified atom stereocenters. The maximum atomic E-state index is 11.7. The van der Waals surface area contributed by atoms with Gasteiger partial charge in [-0.2, -0.15) is 0 Å². The first-order valence-corrected chi connectivity index (χ1v) is 6.67. The minimum Gasteiger partial charge on any atom is -0.318 e. The van der Waals surface area contributed by atoms with E-state index in [1.165, 1.54) is 0 Å². The van der Waals surface area contributed by atoms with Crippen molar-refractivity contribution in [2.75, 3.05) is 13.6 Å². The van der Waals surface area contributed by atoms with Gasteiger partial charge < -0.3 is 5.32 Å². The molecule has 0 amide bonds. The molecular weight excluding hydrogens is 200 g/mol. The molecule has 0 spiro atoms. The first-order chi connectivity index (χ1) is 6.47. The highest BCUT2D eigenvalue weighted by Gasteiger charge is 2.32. The van der Waals surface area contributed by atoms with E-state index in [1.54, 1.807) is 14.0 Å². The molecule has 1 aliphatic rings. The molecule has 2 atom stereocenters. The maximum Gasteiger partial charge on any atom is 0.215 e. The summed E-state index contributed by atoms with van der Waals surface area (Å²) in [7, 11) is -1.38. The van der Waals surface area contributed by atoms with Crippen molar-refractivity contribution in [3.8, 4) is 0 Å². The summed E-state index contributed by atoms with van der Waals surface area (Å²) >= 11 is 0. The second-order valence-electron chi connectivity index (χ2n) is 4.16. The van der Waals surface area contributed by atoms with Gasteiger partial charge in [0, 0.05) is 12.6 Å². The van der Waals surface area contributed by atoms with Crippen LogP contribution in [0.1, 0.15) is 26.7 Å². The molecule has 0 aliphatic heterocycles. The molecule has 1 rings (SSSR count). The Balaban J connectivity index is 2.47. The van der Waals surface area contributed by atoms with E-state index in [9.17, 15) is 8.42 Å². The Kier molecular flexibility index (Phi) is 3.92. The zero-order valence-electron chi connectivity index (χ0n) is 9.08. The topological polar surface area (TPSA) is 58.2 Å². The lowest BCUT2D eigenvalue weighted by molar-refractivity contribution is 0.525. The zero-order chi connectivity index (χ0) is 10.8. The van der Waals surface area contributed by atoms with Crippen molar-refractivity contribution in [1.29, 1.82) is 0 Å². The molecule has 0 aromatic rings. The van der Waals surface area contributed by atoms with Crippen molar-refractivity contribution in [2.24, 2.45) is 5.92 Å². The van der Waals surface area contributed by atoms with E-state index in [0.29, 0.717) is 12.5 Å². The first-order valence-electron chi connectivity index (χ1n) is 5.13. The van der Waals surface area contributed by atoms with E-state index < -0.39 is 10.0 Å². The van der Waals surface area contributed by atoms with Gasteiger partial charge >= 0.3 is 0 Å². The molecule has 2 N–H and O–H groups in total. The van der Waals surface area contributed by atoms with Crippen molar-refractivity contribution in [3.63, 3.8) is 0 Å². The minimum absolute atomic E-state index is 0.0966. The fraction of sp³-hybridized carbons (Fsp3) is 1.00. The van der Waals surface area contributed by atoms with Crippen molar-refractivity contribution in [3.05, 3.63) is 0 Å². The predicted molar refractivity (Wildman–Crippen MR) is 57.6 cm³/mol. The fourth-order valence-electron chi connectivity index (χ4n) is 1.46. The molecule has 14 heavy (non-hydrogen) atoms. The quantitative estimate of drug-likeness (QED) is 0.677. The van der Waals surface area contributed by atoms with Crippen LogP contribution in [0.2, 0.25) is 0 Å². The van der Waals surface area contributed by atoms with E-state index in [2.05, 4.69) is 10.0 Å². The Morgan fingerprint density at radius 3 is 2.36 bits per heavy atom. The largest absolute Gasteiger partial charge is 0.318 e. The van der Waals surface area contributed by atoms with E-state index in [0.717, 1.165) is 12.8 Å². The Labute approximate surface area is 86.5 Å². The lowest BCUT2D eigenvalue weighted by Gasteiger charge is -2.17. The van der Waals surface area contributed by atoms with Crippen LogP contribution in [0, 0.1) is 5.92 Å². The van der Waals surface area contributed by atoms with E-state index in [-0.39, 0.29) is 11.3 Å². The number of sulfonamides is 1. The molecule has 1 fully saturated rings. The van der Waals surface area contributed by atoms with Gasteiger partial charge in [-0.15, -0.1) is 0 Å². The Morgan fingerprint density at radius 1 is 1.36 bits per heavy atom. The van der Waals surface area contributed by atoms with Crippen LogP contribution in [0.25, 0.3) is 0 Å². The summed E-state index contributed by atoms with van der Waals surface area (Å²) in [4.78, 5) is 0. The van der Waals surface area contributed by atoms with Gasteiger partial charge in [0.15, 0.2) is 0 Å². The average molecular weight is 220 g/mol. The molecular formula is C9H20N2O2S. The molecule has 5 heteroatoms. The normalized spacial score (nSPS) is 21.9. The summed E-state index contributed by atoms with van der Waals surface area (Å²) in [6.07, 6.45) is 2.31. The molecule has 0 radical (unpaired) electrons. The minimum atomic E-state index is -3.14. The highest BCUT2D eigenvalue weighted by Crippen LogP contribution is 2.32. The summed E-state index contributed by atoms with van der Waals surface area (Å²) in [5.74, 6) is 0.562. The Morgan fingerprint density at radius 2 is 1.93 bits per heavy atom. The second-order valence-corrected chi connectivity index (χ2v) is 6.29. The molecule has 1 saturated carbocycles. The number of nitrogens with one attached hydrogen (secondary N) is 2. The van der Waals surface area contributed by atoms with Crippen molar-refractivity contribution < 1.29 is 8.42 Å². The SMILES string of the molecule is CNCC(C)S(=O)(=O)NC(C)C1CC1. The lowest BCUT2D eigenvalue weighted by atomic mass is 10.2. The van der Waals surface area contributed by atoms with Crippen LogP contribution in [-0.4, -0.2) is 33.3 Å². The van der Waals surface area contributed by atoms with Gasteiger partial charge in [-0.25, -0.2) is 13.1 Å². The van der Waals surface area contributed by atoms with E-state index in [4.69, 9.17) is 0 Å². The summed E-state index contributed by atoms with van der Waals surface area (Å²) < 4.78 is 26.2. The first kappa shape index (κ1) is 11.9. The van der Waals surface area contributed by atoms with Crippen molar-refractivity contribution in [1.82, 2.24) is 10.0 Å². The summed E-state index contributed by atoms with van der Waals surface area (Å²) in [5.41, 5.74) is 0. The monoisotopic (exact) mass is 220 g/mol. The molecule has 84 valence electrons. The Bertz CT molecular complexity index is 273. The van der Waals surface area contributed by atoms with Gasteiger partial charge in [0.25, 0.3) is 0 Å². The van der Waals surface area contributed by atoms with Gasteiger partial charge in [0.2, 0.25) is 10.0 Å². The maximum absolute atomic E-state index is 11.7. The van der Waals surface area contributed by atoms with Crippen LogP contribution >= 0.6 is 0 Å². The zero-order valence-corrected chi connectivity index (χ0v) is 9.89. The lowest BCUT2D eigenvalue weighted by Crippen LogP contribution is -2.42. The van der Waals surface area contributed by atoms with Crippen LogP contribution < -0.4 is 10.0 Å². The van der Waals surface area contributed by atoms with E-state index in [1.807, 2.05) is 6.92 Å². The average Bonchev–Trinajstić information content (AvgIpc) is 2.85. The standard InChI is InChI=1S/C9H20N2O2S/c1-7(6-10-3)14(12,13)11-8(2)9-4-5-9/h7-11H,4-6H2,1-3H3. The van der Waals surface area contributed by atoms with Gasteiger partial charge in [-0.1, -0.05) is 0 Å². The van der Waals surface area contributed by atoms with Gasteiger partial charge in [-0.3, -0.25) is 0 Å². The van der Waals surface area contributed by atoms with Crippen molar-refractivity contribution in [2.45, 2.75) is 38.0 Å². The van der Waals surface area contributed by atoms with Crippen LogP contribution in [0.5, 0.6) is 0 Å². The highest BCUT2D eigenvalue weighted by molar-refractivity contribution is 7.90.